The van der Waals surface area contributed by atoms with Crippen molar-refractivity contribution in [2.24, 2.45) is 10.9 Å². The Hall–Kier alpha value is -2.19. The minimum Gasteiger partial charge on any atom is -0.381 e. The number of amides is 1. The molecule has 0 spiro atoms. The number of ether oxygens (including phenoxy) is 2. The van der Waals surface area contributed by atoms with Gasteiger partial charge in [0.25, 0.3) is 0 Å². The van der Waals surface area contributed by atoms with E-state index in [0.717, 1.165) is 44.8 Å². The highest BCUT2D eigenvalue weighted by Gasteiger charge is 2.15. The first-order valence-corrected chi connectivity index (χ1v) is 9.78. The van der Waals surface area contributed by atoms with Crippen molar-refractivity contribution in [2.45, 2.75) is 19.3 Å². The van der Waals surface area contributed by atoms with Gasteiger partial charge in [0.15, 0.2) is 5.96 Å². The van der Waals surface area contributed by atoms with E-state index in [1.165, 1.54) is 12.1 Å². The predicted molar refractivity (Wildman–Crippen MR) is 107 cm³/mol. The molecule has 1 amide bonds. The molecule has 1 fully saturated rings. The maximum atomic E-state index is 12.9. The molecule has 0 radical (unpaired) electrons. The molecule has 0 bridgehead atoms. The first-order valence-electron chi connectivity index (χ1n) is 9.78. The number of hydrogen-bond donors (Lipinski definition) is 3. The Balaban J connectivity index is 1.47. The van der Waals surface area contributed by atoms with Gasteiger partial charge in [0.1, 0.15) is 5.82 Å². The molecule has 1 atom stereocenters. The number of guanidine groups is 1. The van der Waals surface area contributed by atoms with E-state index in [9.17, 15) is 9.18 Å². The van der Waals surface area contributed by atoms with Gasteiger partial charge < -0.3 is 25.4 Å². The zero-order valence-corrected chi connectivity index (χ0v) is 16.5. The van der Waals surface area contributed by atoms with Gasteiger partial charge in [-0.3, -0.25) is 9.79 Å². The van der Waals surface area contributed by atoms with Crippen LogP contribution in [0.4, 0.5) is 4.39 Å². The van der Waals surface area contributed by atoms with Crippen molar-refractivity contribution in [3.63, 3.8) is 0 Å². The Morgan fingerprint density at radius 2 is 1.96 bits per heavy atom. The third-order valence-electron chi connectivity index (χ3n) is 4.38. The van der Waals surface area contributed by atoms with Crippen molar-refractivity contribution < 1.29 is 18.7 Å². The predicted octanol–water partition coefficient (Wildman–Crippen LogP) is 1.09. The van der Waals surface area contributed by atoms with Gasteiger partial charge >= 0.3 is 0 Å². The molecular formula is C20H31FN4O3. The molecule has 1 aliphatic heterocycles. The SMILES string of the molecule is CN=C(NCCCOCC1CCOC1)NCCNC(=O)Cc1ccc(F)cc1. The molecule has 0 aliphatic carbocycles. The Morgan fingerprint density at radius 1 is 1.21 bits per heavy atom. The summed E-state index contributed by atoms with van der Waals surface area (Å²) in [5.41, 5.74) is 0.784. The zero-order chi connectivity index (χ0) is 20.0. The second-order valence-corrected chi connectivity index (χ2v) is 6.74. The standard InChI is InChI=1S/C20H31FN4O3/c1-22-20(24-8-2-11-27-14-17-7-12-28-15-17)25-10-9-23-19(26)13-16-3-5-18(21)6-4-16/h3-6,17H,2,7-15H2,1H3,(H,23,26)(H2,22,24,25). The first kappa shape index (κ1) is 22.1. The molecule has 0 saturated carbocycles. The summed E-state index contributed by atoms with van der Waals surface area (Å²) in [6.45, 7) is 4.95. The molecule has 2 rings (SSSR count). The van der Waals surface area contributed by atoms with Crippen molar-refractivity contribution >= 4 is 11.9 Å². The monoisotopic (exact) mass is 394 g/mol. The second kappa shape index (κ2) is 13.1. The lowest BCUT2D eigenvalue weighted by atomic mass is 10.1. The third-order valence-corrected chi connectivity index (χ3v) is 4.38. The molecule has 1 heterocycles. The van der Waals surface area contributed by atoms with Crippen molar-refractivity contribution in [2.75, 3.05) is 53.1 Å². The minimum atomic E-state index is -0.304. The fraction of sp³-hybridized carbons (Fsp3) is 0.600. The summed E-state index contributed by atoms with van der Waals surface area (Å²) in [5.74, 6) is 0.834. The van der Waals surface area contributed by atoms with Gasteiger partial charge in [-0.15, -0.1) is 0 Å². The minimum absolute atomic E-state index is 0.0961. The molecule has 156 valence electrons. The average Bonchev–Trinajstić information content (AvgIpc) is 3.21. The molecule has 8 heteroatoms. The molecular weight excluding hydrogens is 363 g/mol. The summed E-state index contributed by atoms with van der Waals surface area (Å²) >= 11 is 0. The number of hydrogen-bond acceptors (Lipinski definition) is 4. The number of benzene rings is 1. The molecule has 1 aromatic carbocycles. The van der Waals surface area contributed by atoms with Crippen LogP contribution in [-0.4, -0.2) is 65.0 Å². The van der Waals surface area contributed by atoms with E-state index < -0.39 is 0 Å². The van der Waals surface area contributed by atoms with E-state index in [1.807, 2.05) is 0 Å². The quantitative estimate of drug-likeness (QED) is 0.297. The molecule has 0 aromatic heterocycles. The van der Waals surface area contributed by atoms with Gasteiger partial charge in [-0.1, -0.05) is 12.1 Å². The number of carbonyl (C=O) groups excluding carboxylic acids is 1. The summed E-state index contributed by atoms with van der Waals surface area (Å²) in [6, 6.07) is 5.94. The van der Waals surface area contributed by atoms with E-state index in [4.69, 9.17) is 9.47 Å². The Bertz CT molecular complexity index is 604. The topological polar surface area (TPSA) is 84.0 Å². The number of nitrogens with zero attached hydrogens (tertiary/aromatic N) is 1. The van der Waals surface area contributed by atoms with Crippen LogP contribution in [0.15, 0.2) is 29.3 Å². The maximum Gasteiger partial charge on any atom is 0.224 e. The van der Waals surface area contributed by atoms with Crippen LogP contribution in [0.3, 0.4) is 0 Å². The van der Waals surface area contributed by atoms with Gasteiger partial charge in [-0.2, -0.15) is 0 Å². The van der Waals surface area contributed by atoms with Crippen molar-refractivity contribution in [3.8, 4) is 0 Å². The summed E-state index contributed by atoms with van der Waals surface area (Å²) < 4.78 is 23.8. The molecule has 1 unspecified atom stereocenters. The largest absolute Gasteiger partial charge is 0.381 e. The fourth-order valence-electron chi connectivity index (χ4n) is 2.80. The van der Waals surface area contributed by atoms with Crippen LogP contribution in [0.1, 0.15) is 18.4 Å². The molecule has 1 saturated heterocycles. The summed E-state index contributed by atoms with van der Waals surface area (Å²) in [7, 11) is 1.71. The van der Waals surface area contributed by atoms with Crippen molar-refractivity contribution in [3.05, 3.63) is 35.6 Å². The van der Waals surface area contributed by atoms with Crippen LogP contribution in [0.5, 0.6) is 0 Å². The zero-order valence-electron chi connectivity index (χ0n) is 16.5. The van der Waals surface area contributed by atoms with E-state index in [-0.39, 0.29) is 18.1 Å². The van der Waals surface area contributed by atoms with E-state index >= 15 is 0 Å². The fourth-order valence-corrected chi connectivity index (χ4v) is 2.80. The van der Waals surface area contributed by atoms with Crippen LogP contribution in [0.25, 0.3) is 0 Å². The highest BCUT2D eigenvalue weighted by molar-refractivity contribution is 5.80. The Kier molecular flexibility index (Phi) is 10.3. The lowest BCUT2D eigenvalue weighted by molar-refractivity contribution is -0.120. The lowest BCUT2D eigenvalue weighted by Gasteiger charge is -2.13. The van der Waals surface area contributed by atoms with Crippen molar-refractivity contribution in [1.29, 1.82) is 0 Å². The van der Waals surface area contributed by atoms with Crippen LogP contribution in [0, 0.1) is 11.7 Å². The first-order chi connectivity index (χ1) is 13.7. The number of nitrogens with one attached hydrogen (secondary N) is 3. The van der Waals surface area contributed by atoms with Crippen LogP contribution < -0.4 is 16.0 Å². The smallest absolute Gasteiger partial charge is 0.224 e. The number of rotatable bonds is 11. The average molecular weight is 394 g/mol. The Labute approximate surface area is 166 Å². The maximum absolute atomic E-state index is 12.9. The number of carbonyl (C=O) groups is 1. The van der Waals surface area contributed by atoms with Gasteiger partial charge in [-0.05, 0) is 30.5 Å². The highest BCUT2D eigenvalue weighted by atomic mass is 19.1. The van der Waals surface area contributed by atoms with E-state index in [2.05, 4.69) is 20.9 Å². The van der Waals surface area contributed by atoms with Gasteiger partial charge in [-0.25, -0.2) is 4.39 Å². The summed E-state index contributed by atoms with van der Waals surface area (Å²) in [4.78, 5) is 16.0. The lowest BCUT2D eigenvalue weighted by Crippen LogP contribution is -2.42. The second-order valence-electron chi connectivity index (χ2n) is 6.74. The third kappa shape index (κ3) is 9.14. The number of aliphatic imine (C=N–C) groups is 1. The van der Waals surface area contributed by atoms with E-state index in [0.29, 0.717) is 31.6 Å². The molecule has 1 aromatic rings. The van der Waals surface area contributed by atoms with Gasteiger partial charge in [0, 0.05) is 45.8 Å². The summed E-state index contributed by atoms with van der Waals surface area (Å²) in [5, 5.41) is 9.19. The van der Waals surface area contributed by atoms with Gasteiger partial charge in [0.05, 0.1) is 19.6 Å². The molecule has 28 heavy (non-hydrogen) atoms. The molecule has 7 nitrogen and oxygen atoms in total. The normalized spacial score (nSPS) is 16.8. The molecule has 3 N–H and O–H groups in total. The van der Waals surface area contributed by atoms with Crippen LogP contribution in [0.2, 0.25) is 0 Å². The van der Waals surface area contributed by atoms with Crippen LogP contribution >= 0.6 is 0 Å². The highest BCUT2D eigenvalue weighted by Crippen LogP contribution is 2.12. The Morgan fingerprint density at radius 3 is 2.68 bits per heavy atom. The number of halogens is 1. The van der Waals surface area contributed by atoms with Crippen LogP contribution in [-0.2, 0) is 20.7 Å². The van der Waals surface area contributed by atoms with Gasteiger partial charge in [0.2, 0.25) is 5.91 Å². The summed E-state index contributed by atoms with van der Waals surface area (Å²) in [6.07, 6.45) is 2.22. The molecule has 1 aliphatic rings. The van der Waals surface area contributed by atoms with Crippen molar-refractivity contribution in [1.82, 2.24) is 16.0 Å². The van der Waals surface area contributed by atoms with E-state index in [1.54, 1.807) is 19.2 Å².